The summed E-state index contributed by atoms with van der Waals surface area (Å²) in [6, 6.07) is 12.6. The van der Waals surface area contributed by atoms with E-state index >= 15 is 0 Å². The van der Waals surface area contributed by atoms with Crippen LogP contribution in [0.25, 0.3) is 0 Å². The lowest BCUT2D eigenvalue weighted by Gasteiger charge is -2.13. The van der Waals surface area contributed by atoms with Gasteiger partial charge in [-0.3, -0.25) is 0 Å². The Hall–Kier alpha value is -1.82. The molecule has 2 aromatic carbocycles. The van der Waals surface area contributed by atoms with Crippen LogP contribution in [0.5, 0.6) is 11.5 Å². The number of hydrogen-bond acceptors (Lipinski definition) is 3. The molecule has 21 heavy (non-hydrogen) atoms. The molecule has 0 atom stereocenters. The molecule has 0 aromatic heterocycles. The van der Waals surface area contributed by atoms with E-state index in [0.29, 0.717) is 12.2 Å². The third kappa shape index (κ3) is 4.60. The molecule has 2 aromatic rings. The first kappa shape index (κ1) is 15.6. The van der Waals surface area contributed by atoms with Crippen molar-refractivity contribution in [2.75, 3.05) is 12.4 Å². The van der Waals surface area contributed by atoms with Crippen LogP contribution in [0, 0.1) is 0 Å². The number of methoxy groups -OCH3 is 1. The molecule has 0 bridgehead atoms. The minimum absolute atomic E-state index is 0.00624. The van der Waals surface area contributed by atoms with Crippen LogP contribution in [0.1, 0.15) is 5.56 Å². The molecule has 3 nitrogen and oxygen atoms in total. The van der Waals surface area contributed by atoms with Gasteiger partial charge in [0.15, 0.2) is 11.5 Å². The average molecular weight is 358 g/mol. The van der Waals surface area contributed by atoms with E-state index in [4.69, 9.17) is 4.74 Å². The van der Waals surface area contributed by atoms with E-state index in [1.165, 1.54) is 13.2 Å². The molecule has 0 radical (unpaired) electrons. The second kappa shape index (κ2) is 7.26. The maximum atomic E-state index is 12.4. The molecule has 0 heterocycles. The van der Waals surface area contributed by atoms with Gasteiger partial charge in [-0.2, -0.15) is 8.78 Å². The number of ether oxygens (including phenoxy) is 2. The summed E-state index contributed by atoms with van der Waals surface area (Å²) in [4.78, 5) is 0. The van der Waals surface area contributed by atoms with Gasteiger partial charge in [-0.1, -0.05) is 28.1 Å². The molecule has 0 fully saturated rings. The molecular formula is C15H14BrF2NO2. The van der Waals surface area contributed by atoms with Crippen molar-refractivity contribution in [2.24, 2.45) is 0 Å². The fraction of sp³-hybridized carbons (Fsp3) is 0.200. The zero-order chi connectivity index (χ0) is 15.2. The van der Waals surface area contributed by atoms with Crippen LogP contribution in [0.3, 0.4) is 0 Å². The van der Waals surface area contributed by atoms with Gasteiger partial charge in [-0.05, 0) is 29.8 Å². The normalized spacial score (nSPS) is 10.5. The van der Waals surface area contributed by atoms with Gasteiger partial charge in [0.2, 0.25) is 0 Å². The third-order valence-corrected chi connectivity index (χ3v) is 3.26. The molecular weight excluding hydrogens is 344 g/mol. The highest BCUT2D eigenvalue weighted by atomic mass is 79.9. The first-order valence-corrected chi connectivity index (χ1v) is 6.99. The van der Waals surface area contributed by atoms with Crippen LogP contribution in [0.15, 0.2) is 46.9 Å². The van der Waals surface area contributed by atoms with Crippen molar-refractivity contribution in [2.45, 2.75) is 13.2 Å². The van der Waals surface area contributed by atoms with E-state index in [1.807, 2.05) is 24.3 Å². The van der Waals surface area contributed by atoms with E-state index < -0.39 is 6.61 Å². The van der Waals surface area contributed by atoms with E-state index in [-0.39, 0.29) is 11.5 Å². The Labute approximate surface area is 130 Å². The Balaban J connectivity index is 2.09. The molecule has 0 unspecified atom stereocenters. The fourth-order valence-corrected chi connectivity index (χ4v) is 2.27. The highest BCUT2D eigenvalue weighted by molar-refractivity contribution is 9.10. The third-order valence-electron chi connectivity index (χ3n) is 2.77. The van der Waals surface area contributed by atoms with Gasteiger partial charge in [0, 0.05) is 22.8 Å². The van der Waals surface area contributed by atoms with Crippen LogP contribution in [0.2, 0.25) is 0 Å². The first-order valence-electron chi connectivity index (χ1n) is 6.19. The summed E-state index contributed by atoms with van der Waals surface area (Å²) in [5.74, 6) is 0.273. The SMILES string of the molecule is COc1ccc(NCc2cccc(Br)c2)cc1OC(F)F. The van der Waals surface area contributed by atoms with Crippen molar-refractivity contribution in [1.29, 1.82) is 0 Å². The van der Waals surface area contributed by atoms with Gasteiger partial charge in [0.1, 0.15) is 0 Å². The van der Waals surface area contributed by atoms with Gasteiger partial charge >= 0.3 is 6.61 Å². The van der Waals surface area contributed by atoms with E-state index in [2.05, 4.69) is 26.0 Å². The Morgan fingerprint density at radius 1 is 1.14 bits per heavy atom. The maximum Gasteiger partial charge on any atom is 0.387 e. The predicted octanol–water partition coefficient (Wildman–Crippen LogP) is 4.67. The van der Waals surface area contributed by atoms with Gasteiger partial charge in [0.05, 0.1) is 7.11 Å². The number of alkyl halides is 2. The number of benzene rings is 2. The first-order chi connectivity index (χ1) is 10.1. The molecule has 112 valence electrons. The van der Waals surface area contributed by atoms with E-state index in [1.54, 1.807) is 12.1 Å². The quantitative estimate of drug-likeness (QED) is 0.814. The Morgan fingerprint density at radius 3 is 2.62 bits per heavy atom. The zero-order valence-electron chi connectivity index (χ0n) is 11.3. The molecule has 0 saturated heterocycles. The smallest absolute Gasteiger partial charge is 0.387 e. The molecule has 2 rings (SSSR count). The van der Waals surface area contributed by atoms with Crippen LogP contribution >= 0.6 is 15.9 Å². The second-order valence-corrected chi connectivity index (χ2v) is 5.14. The summed E-state index contributed by atoms with van der Waals surface area (Å²) in [6.45, 7) is -2.32. The number of rotatable bonds is 6. The average Bonchev–Trinajstić information content (AvgIpc) is 2.45. The van der Waals surface area contributed by atoms with Gasteiger partial charge in [-0.25, -0.2) is 0 Å². The van der Waals surface area contributed by atoms with Crippen molar-refractivity contribution in [3.8, 4) is 11.5 Å². The second-order valence-electron chi connectivity index (χ2n) is 4.23. The molecule has 0 spiro atoms. The molecule has 0 aliphatic rings. The Bertz CT molecular complexity index is 608. The van der Waals surface area contributed by atoms with Crippen molar-refractivity contribution in [3.63, 3.8) is 0 Å². The van der Waals surface area contributed by atoms with Crippen molar-refractivity contribution in [1.82, 2.24) is 0 Å². The summed E-state index contributed by atoms with van der Waals surface area (Å²) >= 11 is 3.40. The van der Waals surface area contributed by atoms with E-state index in [0.717, 1.165) is 10.0 Å². The highest BCUT2D eigenvalue weighted by Crippen LogP contribution is 2.31. The summed E-state index contributed by atoms with van der Waals surface area (Å²) < 4.78 is 35.1. The molecule has 0 saturated carbocycles. The van der Waals surface area contributed by atoms with Crippen LogP contribution in [-0.4, -0.2) is 13.7 Å². The topological polar surface area (TPSA) is 30.5 Å². The lowest BCUT2D eigenvalue weighted by Crippen LogP contribution is -2.05. The minimum atomic E-state index is -2.89. The van der Waals surface area contributed by atoms with Gasteiger partial charge < -0.3 is 14.8 Å². The van der Waals surface area contributed by atoms with Crippen molar-refractivity contribution < 1.29 is 18.3 Å². The molecule has 0 aliphatic carbocycles. The van der Waals surface area contributed by atoms with E-state index in [9.17, 15) is 8.78 Å². The van der Waals surface area contributed by atoms with Gasteiger partial charge in [0.25, 0.3) is 0 Å². The fourth-order valence-electron chi connectivity index (χ4n) is 1.83. The van der Waals surface area contributed by atoms with Crippen LogP contribution in [-0.2, 0) is 6.54 Å². The lowest BCUT2D eigenvalue weighted by molar-refractivity contribution is -0.0511. The predicted molar refractivity (Wildman–Crippen MR) is 81.1 cm³/mol. The molecule has 0 aliphatic heterocycles. The van der Waals surface area contributed by atoms with Crippen LogP contribution in [0.4, 0.5) is 14.5 Å². The highest BCUT2D eigenvalue weighted by Gasteiger charge is 2.11. The summed E-state index contributed by atoms with van der Waals surface area (Å²) in [7, 11) is 1.41. The molecule has 6 heteroatoms. The Kier molecular flexibility index (Phi) is 5.38. The zero-order valence-corrected chi connectivity index (χ0v) is 12.9. The summed E-state index contributed by atoms with van der Waals surface area (Å²) in [5, 5.41) is 3.15. The molecule has 1 N–H and O–H groups in total. The van der Waals surface area contributed by atoms with Crippen molar-refractivity contribution in [3.05, 3.63) is 52.5 Å². The number of anilines is 1. The van der Waals surface area contributed by atoms with Crippen LogP contribution < -0.4 is 14.8 Å². The standard InChI is InChI=1S/C15H14BrF2NO2/c1-20-13-6-5-12(8-14(13)21-15(17)18)19-9-10-3-2-4-11(16)7-10/h2-8,15,19H,9H2,1H3. The number of halogens is 3. The maximum absolute atomic E-state index is 12.4. The minimum Gasteiger partial charge on any atom is -0.493 e. The van der Waals surface area contributed by atoms with Gasteiger partial charge in [-0.15, -0.1) is 0 Å². The number of hydrogen-bond donors (Lipinski definition) is 1. The van der Waals surface area contributed by atoms with Crippen molar-refractivity contribution >= 4 is 21.6 Å². The Morgan fingerprint density at radius 2 is 1.95 bits per heavy atom. The monoisotopic (exact) mass is 357 g/mol. The number of nitrogens with one attached hydrogen (secondary N) is 1. The molecule has 0 amide bonds. The summed E-state index contributed by atoms with van der Waals surface area (Å²) in [6.07, 6.45) is 0. The lowest BCUT2D eigenvalue weighted by atomic mass is 10.2. The largest absolute Gasteiger partial charge is 0.493 e. The summed E-state index contributed by atoms with van der Waals surface area (Å²) in [5.41, 5.74) is 1.74.